The first-order chi connectivity index (χ1) is 16.0. The van der Waals surface area contributed by atoms with E-state index in [2.05, 4.69) is 16.0 Å². The molecule has 0 aliphatic carbocycles. The van der Waals surface area contributed by atoms with Crippen LogP contribution in [0.1, 0.15) is 35.6 Å². The predicted octanol–water partition coefficient (Wildman–Crippen LogP) is 4.14. The van der Waals surface area contributed by atoms with E-state index in [1.54, 1.807) is 24.4 Å². The van der Waals surface area contributed by atoms with Gasteiger partial charge in [0.2, 0.25) is 11.8 Å². The van der Waals surface area contributed by atoms with Gasteiger partial charge in [-0.3, -0.25) is 14.9 Å². The Hall–Kier alpha value is -3.60. The minimum atomic E-state index is -4.46. The van der Waals surface area contributed by atoms with Crippen LogP contribution in [0.3, 0.4) is 0 Å². The van der Waals surface area contributed by atoms with E-state index in [9.17, 15) is 27.9 Å². The lowest BCUT2D eigenvalue weighted by Crippen LogP contribution is -2.41. The van der Waals surface area contributed by atoms with E-state index >= 15 is 0 Å². The van der Waals surface area contributed by atoms with Gasteiger partial charge in [0, 0.05) is 35.6 Å². The monoisotopic (exact) mass is 490 g/mol. The molecule has 2 heterocycles. The number of imide groups is 1. The van der Waals surface area contributed by atoms with Gasteiger partial charge < -0.3 is 20.3 Å². The number of alkyl halides is 3. The van der Waals surface area contributed by atoms with Crippen molar-refractivity contribution in [2.75, 3.05) is 5.32 Å². The van der Waals surface area contributed by atoms with Crippen LogP contribution in [-0.2, 0) is 22.3 Å². The number of hydrogen-bond acceptors (Lipinski definition) is 4. The first kappa shape index (κ1) is 23.6. The number of nitrogens with zero attached hydrogens (tertiary/aromatic N) is 1. The summed E-state index contributed by atoms with van der Waals surface area (Å²) < 4.78 is 40.8. The molecule has 4 rings (SSSR count). The minimum Gasteiger partial charge on any atom is -0.494 e. The molecule has 2 amide bonds. The van der Waals surface area contributed by atoms with Gasteiger partial charge in [-0.15, -0.1) is 0 Å². The third kappa shape index (κ3) is 4.84. The second-order valence-corrected chi connectivity index (χ2v) is 8.49. The quantitative estimate of drug-likeness (QED) is 0.324. The molecule has 4 N–H and O–H groups in total. The molecule has 0 radical (unpaired) electrons. The highest BCUT2D eigenvalue weighted by Crippen LogP contribution is 2.34. The number of carbonyl (C=O) groups excluding carboxylic acids is 2. The number of carbonyl (C=O) groups is 2. The average molecular weight is 491 g/mol. The standard InChI is InChI=1S/C23H21F3N4O3S/c1-12-2-4-15(9-17(12)23(24,25)26)28-22(34)27-10-13-3-5-16-14(8-13)11-30(21(16)33)18-6-7-19(31)29-20(18)32/h2-5,8-9,11,18,33H,6-7,10H2,1H3,(H2,27,28,34)(H,29,31,32). The van der Waals surface area contributed by atoms with Crippen molar-refractivity contribution in [1.82, 2.24) is 15.2 Å². The average Bonchev–Trinajstić information content (AvgIpc) is 3.08. The number of anilines is 1. The van der Waals surface area contributed by atoms with Gasteiger partial charge in [-0.25, -0.2) is 0 Å². The lowest BCUT2D eigenvalue weighted by molar-refractivity contribution is -0.138. The molecule has 11 heteroatoms. The van der Waals surface area contributed by atoms with Crippen LogP contribution in [0, 0.1) is 6.92 Å². The molecule has 34 heavy (non-hydrogen) atoms. The number of aryl methyl sites for hydroxylation is 1. The molecule has 0 saturated carbocycles. The van der Waals surface area contributed by atoms with Gasteiger partial charge in [0.25, 0.3) is 0 Å². The molecule has 1 aliphatic rings. The van der Waals surface area contributed by atoms with Crippen molar-refractivity contribution >= 4 is 45.6 Å². The number of thiocarbonyl (C=S) groups is 1. The Morgan fingerprint density at radius 2 is 2.00 bits per heavy atom. The van der Waals surface area contributed by atoms with Crippen LogP contribution < -0.4 is 16.0 Å². The van der Waals surface area contributed by atoms with E-state index < -0.39 is 23.7 Å². The Balaban J connectivity index is 1.44. The first-order valence-corrected chi connectivity index (χ1v) is 10.8. The molecule has 0 bridgehead atoms. The minimum absolute atomic E-state index is 0.0685. The van der Waals surface area contributed by atoms with Crippen molar-refractivity contribution < 1.29 is 27.9 Å². The van der Waals surface area contributed by atoms with Crippen LogP contribution in [0.2, 0.25) is 0 Å². The van der Waals surface area contributed by atoms with Gasteiger partial charge in [0.1, 0.15) is 6.04 Å². The molecule has 1 aliphatic heterocycles. The second-order valence-electron chi connectivity index (χ2n) is 8.08. The summed E-state index contributed by atoms with van der Waals surface area (Å²) in [6.07, 6.45) is -2.32. The summed E-state index contributed by atoms with van der Waals surface area (Å²) in [5.74, 6) is -0.869. The lowest BCUT2D eigenvalue weighted by atomic mass is 10.1. The fourth-order valence-electron chi connectivity index (χ4n) is 3.93. The maximum atomic E-state index is 13.1. The summed E-state index contributed by atoms with van der Waals surface area (Å²) in [4.78, 5) is 23.6. The topological polar surface area (TPSA) is 95.4 Å². The Morgan fingerprint density at radius 1 is 1.24 bits per heavy atom. The van der Waals surface area contributed by atoms with E-state index in [0.717, 1.165) is 11.6 Å². The van der Waals surface area contributed by atoms with Crippen LogP contribution in [0.5, 0.6) is 5.88 Å². The van der Waals surface area contributed by atoms with Crippen LogP contribution in [0.4, 0.5) is 18.9 Å². The molecular formula is C23H21F3N4O3S. The lowest BCUT2D eigenvalue weighted by Gasteiger charge is -2.22. The smallest absolute Gasteiger partial charge is 0.416 e. The highest BCUT2D eigenvalue weighted by Gasteiger charge is 2.32. The molecular weight excluding hydrogens is 469 g/mol. The van der Waals surface area contributed by atoms with Crippen LogP contribution in [-0.4, -0.2) is 26.6 Å². The van der Waals surface area contributed by atoms with Gasteiger partial charge in [-0.2, -0.15) is 13.2 Å². The van der Waals surface area contributed by atoms with Crippen LogP contribution >= 0.6 is 12.2 Å². The zero-order valence-electron chi connectivity index (χ0n) is 18.0. The number of halogens is 3. The number of amides is 2. The van der Waals surface area contributed by atoms with Gasteiger partial charge >= 0.3 is 6.18 Å². The van der Waals surface area contributed by atoms with Crippen molar-refractivity contribution in [3.63, 3.8) is 0 Å². The van der Waals surface area contributed by atoms with E-state index in [-0.39, 0.29) is 41.1 Å². The summed E-state index contributed by atoms with van der Waals surface area (Å²) in [6, 6.07) is 8.50. The number of nitrogens with one attached hydrogen (secondary N) is 3. The Bertz CT molecular complexity index is 1300. The van der Waals surface area contributed by atoms with E-state index in [1.165, 1.54) is 23.6 Å². The third-order valence-electron chi connectivity index (χ3n) is 5.68. The number of fused-ring (bicyclic) bond motifs is 1. The van der Waals surface area contributed by atoms with E-state index in [1.807, 2.05) is 0 Å². The van der Waals surface area contributed by atoms with Crippen LogP contribution in [0.15, 0.2) is 42.6 Å². The fourth-order valence-corrected chi connectivity index (χ4v) is 4.12. The molecule has 7 nitrogen and oxygen atoms in total. The Kier molecular flexibility index (Phi) is 6.22. The first-order valence-electron chi connectivity index (χ1n) is 10.4. The van der Waals surface area contributed by atoms with Crippen molar-refractivity contribution in [3.05, 3.63) is 59.3 Å². The summed E-state index contributed by atoms with van der Waals surface area (Å²) in [5, 5.41) is 19.9. The SMILES string of the molecule is Cc1ccc(NC(=S)NCc2ccc3c(O)n(C4CCC(=O)NC4=O)cc3c2)cc1C(F)(F)F. The maximum Gasteiger partial charge on any atom is 0.416 e. The van der Waals surface area contributed by atoms with Gasteiger partial charge in [0.05, 0.1) is 5.56 Å². The molecule has 1 aromatic heterocycles. The number of rotatable bonds is 4. The van der Waals surface area contributed by atoms with Crippen molar-refractivity contribution in [2.45, 2.75) is 38.5 Å². The largest absolute Gasteiger partial charge is 0.494 e. The predicted molar refractivity (Wildman–Crippen MR) is 124 cm³/mol. The maximum absolute atomic E-state index is 13.1. The highest BCUT2D eigenvalue weighted by atomic mass is 32.1. The molecule has 0 spiro atoms. The Morgan fingerprint density at radius 3 is 2.71 bits per heavy atom. The van der Waals surface area contributed by atoms with E-state index in [4.69, 9.17) is 12.2 Å². The summed E-state index contributed by atoms with van der Waals surface area (Å²) in [5.41, 5.74) is 0.415. The molecule has 3 aromatic rings. The third-order valence-corrected chi connectivity index (χ3v) is 5.93. The molecule has 2 aromatic carbocycles. The molecule has 1 atom stereocenters. The van der Waals surface area contributed by atoms with Crippen LogP contribution in [0.25, 0.3) is 10.8 Å². The second kappa shape index (κ2) is 8.98. The molecule has 1 saturated heterocycles. The molecule has 178 valence electrons. The number of hydrogen-bond donors (Lipinski definition) is 4. The van der Waals surface area contributed by atoms with E-state index in [0.29, 0.717) is 17.2 Å². The zero-order chi connectivity index (χ0) is 24.6. The number of aromatic nitrogens is 1. The molecule has 1 unspecified atom stereocenters. The fraction of sp³-hybridized carbons (Fsp3) is 0.261. The van der Waals surface area contributed by atoms with Crippen molar-refractivity contribution in [2.24, 2.45) is 0 Å². The normalized spacial score (nSPS) is 16.4. The number of aromatic hydroxyl groups is 1. The number of piperidine rings is 1. The number of benzene rings is 2. The van der Waals surface area contributed by atoms with Crippen molar-refractivity contribution in [1.29, 1.82) is 0 Å². The summed E-state index contributed by atoms with van der Waals surface area (Å²) >= 11 is 5.21. The summed E-state index contributed by atoms with van der Waals surface area (Å²) in [7, 11) is 0. The highest BCUT2D eigenvalue weighted by molar-refractivity contribution is 7.80. The van der Waals surface area contributed by atoms with Gasteiger partial charge in [-0.1, -0.05) is 12.1 Å². The summed E-state index contributed by atoms with van der Waals surface area (Å²) in [6.45, 7) is 1.68. The van der Waals surface area contributed by atoms with Gasteiger partial charge in [-0.05, 0) is 61.0 Å². The zero-order valence-corrected chi connectivity index (χ0v) is 18.8. The van der Waals surface area contributed by atoms with Gasteiger partial charge in [0.15, 0.2) is 11.0 Å². The molecule has 1 fully saturated rings. The Labute approximate surface area is 197 Å². The van der Waals surface area contributed by atoms with Crippen molar-refractivity contribution in [3.8, 4) is 5.88 Å².